The molecule has 0 amide bonds. The first-order chi connectivity index (χ1) is 9.17. The van der Waals surface area contributed by atoms with Crippen LogP contribution in [0.2, 0.25) is 5.02 Å². The Morgan fingerprint density at radius 3 is 2.42 bits per heavy atom. The molecule has 4 heteroatoms. The Kier molecular flexibility index (Phi) is 4.51. The summed E-state index contributed by atoms with van der Waals surface area (Å²) in [6.07, 6.45) is 0. The molecule has 19 heavy (non-hydrogen) atoms. The Morgan fingerprint density at radius 2 is 1.74 bits per heavy atom. The lowest BCUT2D eigenvalue weighted by Gasteiger charge is -2.05. The van der Waals surface area contributed by atoms with Crippen molar-refractivity contribution in [3.8, 4) is 6.07 Å². The molecule has 0 aliphatic heterocycles. The van der Waals surface area contributed by atoms with Gasteiger partial charge in [-0.2, -0.15) is 5.26 Å². The maximum absolute atomic E-state index is 13.2. The number of hydrogen-bond acceptors (Lipinski definition) is 2. The van der Waals surface area contributed by atoms with Gasteiger partial charge in [0.15, 0.2) is 0 Å². The van der Waals surface area contributed by atoms with Gasteiger partial charge in [0.25, 0.3) is 0 Å². The molecular formula is C15H11ClFNO. The quantitative estimate of drug-likeness (QED) is 0.843. The van der Waals surface area contributed by atoms with Crippen LogP contribution in [0.15, 0.2) is 42.5 Å². The zero-order valence-electron chi connectivity index (χ0n) is 10.1. The summed E-state index contributed by atoms with van der Waals surface area (Å²) in [5.41, 5.74) is 1.93. The highest BCUT2D eigenvalue weighted by Gasteiger charge is 2.01. The number of halogens is 2. The van der Waals surface area contributed by atoms with Gasteiger partial charge in [0.1, 0.15) is 5.82 Å². The zero-order chi connectivity index (χ0) is 13.7. The van der Waals surface area contributed by atoms with Crippen molar-refractivity contribution in [1.82, 2.24) is 0 Å². The first kappa shape index (κ1) is 13.5. The van der Waals surface area contributed by atoms with Gasteiger partial charge in [0.2, 0.25) is 0 Å². The van der Waals surface area contributed by atoms with Crippen molar-refractivity contribution in [2.45, 2.75) is 13.2 Å². The van der Waals surface area contributed by atoms with Crippen molar-refractivity contribution >= 4 is 11.6 Å². The van der Waals surface area contributed by atoms with E-state index in [4.69, 9.17) is 21.6 Å². The molecule has 0 heterocycles. The van der Waals surface area contributed by atoms with Crippen LogP contribution in [-0.2, 0) is 18.0 Å². The van der Waals surface area contributed by atoms with Crippen molar-refractivity contribution in [2.24, 2.45) is 0 Å². The van der Waals surface area contributed by atoms with Crippen LogP contribution in [0.5, 0.6) is 0 Å². The van der Waals surface area contributed by atoms with Crippen molar-refractivity contribution in [1.29, 1.82) is 5.26 Å². The van der Waals surface area contributed by atoms with E-state index < -0.39 is 5.82 Å². The van der Waals surface area contributed by atoms with E-state index in [1.807, 2.05) is 18.2 Å². The highest BCUT2D eigenvalue weighted by Crippen LogP contribution is 2.13. The van der Waals surface area contributed by atoms with E-state index in [1.54, 1.807) is 18.2 Å². The third-order valence-electron chi connectivity index (χ3n) is 2.54. The van der Waals surface area contributed by atoms with Gasteiger partial charge in [-0.25, -0.2) is 4.39 Å². The van der Waals surface area contributed by atoms with Crippen LogP contribution in [0.25, 0.3) is 0 Å². The average molecular weight is 276 g/mol. The van der Waals surface area contributed by atoms with Gasteiger partial charge in [-0.05, 0) is 41.5 Å². The summed E-state index contributed by atoms with van der Waals surface area (Å²) >= 11 is 5.78. The lowest BCUT2D eigenvalue weighted by Crippen LogP contribution is -1.95. The van der Waals surface area contributed by atoms with Crippen LogP contribution in [0.1, 0.15) is 16.7 Å². The highest BCUT2D eigenvalue weighted by atomic mass is 35.5. The minimum absolute atomic E-state index is 0.259. The minimum atomic E-state index is -0.427. The number of benzene rings is 2. The minimum Gasteiger partial charge on any atom is -0.372 e. The second-order valence-corrected chi connectivity index (χ2v) is 4.52. The Morgan fingerprint density at radius 1 is 1.05 bits per heavy atom. The topological polar surface area (TPSA) is 33.0 Å². The molecule has 0 radical (unpaired) electrons. The fourth-order valence-electron chi connectivity index (χ4n) is 1.67. The third-order valence-corrected chi connectivity index (χ3v) is 2.79. The van der Waals surface area contributed by atoms with Crippen LogP contribution in [0.4, 0.5) is 4.39 Å². The van der Waals surface area contributed by atoms with Crippen molar-refractivity contribution in [3.05, 3.63) is 70.0 Å². The lowest BCUT2D eigenvalue weighted by molar-refractivity contribution is 0.107. The smallest absolute Gasteiger partial charge is 0.124 e. The summed E-state index contributed by atoms with van der Waals surface area (Å²) in [6.45, 7) is 0.671. The third kappa shape index (κ3) is 4.06. The molecular weight excluding hydrogens is 265 g/mol. The van der Waals surface area contributed by atoms with Gasteiger partial charge in [0, 0.05) is 5.02 Å². The standard InChI is InChI=1S/C15H11ClFNO/c16-14-3-1-11(2-4-14)9-19-10-13-5-12(8-18)6-15(17)7-13/h1-7H,9-10H2. The predicted octanol–water partition coefficient (Wildman–Crippen LogP) is 4.07. The van der Waals surface area contributed by atoms with Gasteiger partial charge in [-0.3, -0.25) is 0 Å². The molecule has 0 N–H and O–H groups in total. The number of rotatable bonds is 4. The molecule has 0 unspecified atom stereocenters. The summed E-state index contributed by atoms with van der Waals surface area (Å²) in [6, 6.07) is 13.4. The first-order valence-corrected chi connectivity index (χ1v) is 6.07. The van der Waals surface area contributed by atoms with E-state index in [2.05, 4.69) is 0 Å². The monoisotopic (exact) mass is 275 g/mol. The summed E-state index contributed by atoms with van der Waals surface area (Å²) in [4.78, 5) is 0. The van der Waals surface area contributed by atoms with Crippen LogP contribution >= 0.6 is 11.6 Å². The summed E-state index contributed by atoms with van der Waals surface area (Å²) in [5, 5.41) is 9.42. The van der Waals surface area contributed by atoms with Crippen LogP contribution in [0.3, 0.4) is 0 Å². The van der Waals surface area contributed by atoms with Crippen LogP contribution in [0, 0.1) is 17.1 Å². The normalized spacial score (nSPS) is 10.2. The molecule has 2 aromatic rings. The summed E-state index contributed by atoms with van der Waals surface area (Å²) in [7, 11) is 0. The van der Waals surface area contributed by atoms with E-state index >= 15 is 0 Å². The fraction of sp³-hybridized carbons (Fsp3) is 0.133. The van der Waals surface area contributed by atoms with E-state index in [-0.39, 0.29) is 6.61 Å². The molecule has 0 atom stereocenters. The Labute approximate surface area is 116 Å². The molecule has 0 aromatic heterocycles. The van der Waals surface area contributed by atoms with E-state index in [0.717, 1.165) is 5.56 Å². The number of ether oxygens (including phenoxy) is 1. The van der Waals surface area contributed by atoms with Crippen LogP contribution < -0.4 is 0 Å². The molecule has 0 aliphatic rings. The summed E-state index contributed by atoms with van der Waals surface area (Å²) in [5.74, 6) is -0.427. The fourth-order valence-corrected chi connectivity index (χ4v) is 1.79. The maximum atomic E-state index is 13.2. The zero-order valence-corrected chi connectivity index (χ0v) is 10.8. The SMILES string of the molecule is N#Cc1cc(F)cc(COCc2ccc(Cl)cc2)c1. The molecule has 2 nitrogen and oxygen atoms in total. The number of nitriles is 1. The first-order valence-electron chi connectivity index (χ1n) is 5.69. The van der Waals surface area contributed by atoms with Gasteiger partial charge in [0.05, 0.1) is 24.8 Å². The molecule has 2 aromatic carbocycles. The second kappa shape index (κ2) is 6.33. The van der Waals surface area contributed by atoms with Gasteiger partial charge < -0.3 is 4.74 Å². The van der Waals surface area contributed by atoms with Crippen molar-refractivity contribution in [3.63, 3.8) is 0 Å². The molecule has 2 rings (SSSR count). The van der Waals surface area contributed by atoms with E-state index in [0.29, 0.717) is 22.8 Å². The van der Waals surface area contributed by atoms with Gasteiger partial charge in [-0.1, -0.05) is 23.7 Å². The predicted molar refractivity (Wildman–Crippen MR) is 71.1 cm³/mol. The highest BCUT2D eigenvalue weighted by molar-refractivity contribution is 6.30. The summed E-state index contributed by atoms with van der Waals surface area (Å²) < 4.78 is 18.7. The Balaban J connectivity index is 1.94. The number of hydrogen-bond donors (Lipinski definition) is 0. The molecule has 0 aliphatic carbocycles. The van der Waals surface area contributed by atoms with Crippen molar-refractivity contribution < 1.29 is 9.13 Å². The van der Waals surface area contributed by atoms with Gasteiger partial charge >= 0.3 is 0 Å². The molecule has 0 saturated carbocycles. The lowest BCUT2D eigenvalue weighted by atomic mass is 10.1. The molecule has 0 spiro atoms. The molecule has 0 saturated heterocycles. The Bertz CT molecular complexity index is 605. The van der Waals surface area contributed by atoms with E-state index in [1.165, 1.54) is 12.1 Å². The Hall–Kier alpha value is -1.89. The molecule has 96 valence electrons. The van der Waals surface area contributed by atoms with Crippen molar-refractivity contribution in [2.75, 3.05) is 0 Å². The number of nitrogens with zero attached hydrogens (tertiary/aromatic N) is 1. The van der Waals surface area contributed by atoms with Crippen LogP contribution in [-0.4, -0.2) is 0 Å². The molecule has 0 fully saturated rings. The molecule has 0 bridgehead atoms. The maximum Gasteiger partial charge on any atom is 0.124 e. The largest absolute Gasteiger partial charge is 0.372 e. The average Bonchev–Trinajstić information content (AvgIpc) is 2.40. The van der Waals surface area contributed by atoms with E-state index in [9.17, 15) is 4.39 Å². The second-order valence-electron chi connectivity index (χ2n) is 4.08. The van der Waals surface area contributed by atoms with Gasteiger partial charge in [-0.15, -0.1) is 0 Å².